The standard InChI is InChI=1S/C18H31NO2/c1-19(2)18(11-5-3-4-6-12-18)16(20)15-8-13-21-17(14-15)9-7-10-17/h15H,3-14H2,1-2H3. The highest BCUT2D eigenvalue weighted by atomic mass is 16.5. The van der Waals surface area contributed by atoms with Gasteiger partial charge in [-0.2, -0.15) is 0 Å². The van der Waals surface area contributed by atoms with Crippen molar-refractivity contribution in [3.05, 3.63) is 0 Å². The van der Waals surface area contributed by atoms with Crippen LogP contribution in [0.25, 0.3) is 0 Å². The van der Waals surface area contributed by atoms with Gasteiger partial charge in [0.15, 0.2) is 5.78 Å². The Morgan fingerprint density at radius 2 is 1.67 bits per heavy atom. The summed E-state index contributed by atoms with van der Waals surface area (Å²) >= 11 is 0. The van der Waals surface area contributed by atoms with Gasteiger partial charge in [0.1, 0.15) is 0 Å². The van der Waals surface area contributed by atoms with E-state index in [1.165, 1.54) is 44.9 Å². The highest BCUT2D eigenvalue weighted by Gasteiger charge is 2.49. The van der Waals surface area contributed by atoms with E-state index in [1.54, 1.807) is 0 Å². The fraction of sp³-hybridized carbons (Fsp3) is 0.944. The molecule has 3 heteroatoms. The Kier molecular flexibility index (Phi) is 4.42. The lowest BCUT2D eigenvalue weighted by Crippen LogP contribution is -2.56. The molecule has 2 saturated carbocycles. The van der Waals surface area contributed by atoms with Gasteiger partial charge in [-0.3, -0.25) is 9.69 Å². The van der Waals surface area contributed by atoms with Gasteiger partial charge in [-0.1, -0.05) is 25.7 Å². The molecule has 3 rings (SSSR count). The Bertz CT molecular complexity index is 379. The number of Topliss-reactive ketones (excluding diaryl/α,β-unsaturated/α-hetero) is 1. The molecule has 0 aromatic carbocycles. The molecule has 0 radical (unpaired) electrons. The number of hydrogen-bond donors (Lipinski definition) is 0. The molecule has 1 atom stereocenters. The van der Waals surface area contributed by atoms with Gasteiger partial charge in [0.2, 0.25) is 0 Å². The minimum atomic E-state index is -0.191. The predicted molar refractivity (Wildman–Crippen MR) is 84.4 cm³/mol. The fourth-order valence-electron chi connectivity index (χ4n) is 4.78. The summed E-state index contributed by atoms with van der Waals surface area (Å²) in [4.78, 5) is 15.6. The molecule has 1 spiro atoms. The zero-order chi connectivity index (χ0) is 14.9. The van der Waals surface area contributed by atoms with Crippen LogP contribution in [0.5, 0.6) is 0 Å². The average Bonchev–Trinajstić information content (AvgIpc) is 2.71. The number of carbonyl (C=O) groups excluding carboxylic acids is 1. The molecule has 0 aromatic heterocycles. The van der Waals surface area contributed by atoms with Crippen molar-refractivity contribution in [3.63, 3.8) is 0 Å². The fourth-order valence-corrected chi connectivity index (χ4v) is 4.78. The van der Waals surface area contributed by atoms with Gasteiger partial charge in [0, 0.05) is 12.5 Å². The summed E-state index contributed by atoms with van der Waals surface area (Å²) in [5.41, 5.74) is -0.111. The largest absolute Gasteiger partial charge is 0.375 e. The Morgan fingerprint density at radius 3 is 2.19 bits per heavy atom. The van der Waals surface area contributed by atoms with Crippen LogP contribution in [0.15, 0.2) is 0 Å². The molecule has 3 aliphatic rings. The SMILES string of the molecule is CN(C)C1(C(=O)C2CCOC3(CCC3)C2)CCCCCC1. The summed E-state index contributed by atoms with van der Waals surface area (Å²) < 4.78 is 6.02. The van der Waals surface area contributed by atoms with E-state index >= 15 is 0 Å². The Hall–Kier alpha value is -0.410. The Labute approximate surface area is 129 Å². The Morgan fingerprint density at radius 1 is 1.00 bits per heavy atom. The molecule has 0 amide bonds. The molecule has 3 nitrogen and oxygen atoms in total. The van der Waals surface area contributed by atoms with Crippen molar-refractivity contribution < 1.29 is 9.53 Å². The van der Waals surface area contributed by atoms with E-state index in [0.29, 0.717) is 5.78 Å². The van der Waals surface area contributed by atoms with Gasteiger partial charge in [0.25, 0.3) is 0 Å². The van der Waals surface area contributed by atoms with Gasteiger partial charge in [-0.25, -0.2) is 0 Å². The maximum Gasteiger partial charge on any atom is 0.156 e. The van der Waals surface area contributed by atoms with Gasteiger partial charge < -0.3 is 4.74 Å². The topological polar surface area (TPSA) is 29.5 Å². The highest BCUT2D eigenvalue weighted by Crippen LogP contribution is 2.46. The molecule has 2 aliphatic carbocycles. The number of likely N-dealkylation sites (N-methyl/N-ethyl adjacent to an activating group) is 1. The molecule has 0 bridgehead atoms. The average molecular weight is 293 g/mol. The number of hydrogen-bond acceptors (Lipinski definition) is 3. The zero-order valence-corrected chi connectivity index (χ0v) is 13.8. The van der Waals surface area contributed by atoms with Crippen molar-refractivity contribution in [2.75, 3.05) is 20.7 Å². The van der Waals surface area contributed by atoms with Crippen LogP contribution in [0.1, 0.15) is 70.6 Å². The highest BCUT2D eigenvalue weighted by molar-refractivity contribution is 5.90. The van der Waals surface area contributed by atoms with Crippen molar-refractivity contribution in [1.82, 2.24) is 4.90 Å². The van der Waals surface area contributed by atoms with Gasteiger partial charge >= 0.3 is 0 Å². The van der Waals surface area contributed by atoms with Gasteiger partial charge in [-0.05, 0) is 59.0 Å². The van der Waals surface area contributed by atoms with Crippen molar-refractivity contribution >= 4 is 5.78 Å². The number of nitrogens with zero attached hydrogens (tertiary/aromatic N) is 1. The van der Waals surface area contributed by atoms with Crippen LogP contribution in [-0.4, -0.2) is 42.5 Å². The maximum absolute atomic E-state index is 13.4. The van der Waals surface area contributed by atoms with E-state index in [9.17, 15) is 4.79 Å². The Balaban J connectivity index is 1.77. The first-order chi connectivity index (χ1) is 10.1. The molecule has 1 saturated heterocycles. The molecule has 1 heterocycles. The van der Waals surface area contributed by atoms with Crippen LogP contribution in [0.2, 0.25) is 0 Å². The van der Waals surface area contributed by atoms with E-state index in [0.717, 1.165) is 32.3 Å². The third kappa shape index (κ3) is 2.79. The number of rotatable bonds is 3. The van der Waals surface area contributed by atoms with Crippen LogP contribution in [-0.2, 0) is 9.53 Å². The first-order valence-electron chi connectivity index (χ1n) is 8.94. The molecular formula is C18H31NO2. The predicted octanol–water partition coefficient (Wildman–Crippen LogP) is 3.56. The molecule has 3 fully saturated rings. The summed E-state index contributed by atoms with van der Waals surface area (Å²) in [6, 6.07) is 0. The van der Waals surface area contributed by atoms with Crippen molar-refractivity contribution in [2.24, 2.45) is 5.92 Å². The first kappa shape index (κ1) is 15.5. The minimum Gasteiger partial charge on any atom is -0.375 e. The van der Waals surface area contributed by atoms with Crippen LogP contribution in [0.4, 0.5) is 0 Å². The molecular weight excluding hydrogens is 262 g/mol. The van der Waals surface area contributed by atoms with Crippen LogP contribution >= 0.6 is 0 Å². The third-order valence-electron chi connectivity index (χ3n) is 6.37. The second-order valence-corrected chi connectivity index (χ2v) is 7.78. The van der Waals surface area contributed by atoms with E-state index < -0.39 is 0 Å². The third-order valence-corrected chi connectivity index (χ3v) is 6.37. The lowest BCUT2D eigenvalue weighted by Gasteiger charge is -2.49. The van der Waals surface area contributed by atoms with Crippen LogP contribution in [0.3, 0.4) is 0 Å². The molecule has 0 N–H and O–H groups in total. The monoisotopic (exact) mass is 293 g/mol. The van der Waals surface area contributed by atoms with Gasteiger partial charge in [0.05, 0.1) is 11.1 Å². The van der Waals surface area contributed by atoms with E-state index in [2.05, 4.69) is 19.0 Å². The van der Waals surface area contributed by atoms with E-state index in [-0.39, 0.29) is 17.1 Å². The molecule has 21 heavy (non-hydrogen) atoms. The summed E-state index contributed by atoms with van der Waals surface area (Å²) in [5, 5.41) is 0. The molecule has 1 unspecified atom stereocenters. The summed E-state index contributed by atoms with van der Waals surface area (Å²) in [7, 11) is 4.23. The van der Waals surface area contributed by atoms with Crippen molar-refractivity contribution in [2.45, 2.75) is 81.8 Å². The normalized spacial score (nSPS) is 31.7. The summed E-state index contributed by atoms with van der Waals surface area (Å²) in [5.74, 6) is 0.767. The number of carbonyl (C=O) groups is 1. The molecule has 120 valence electrons. The van der Waals surface area contributed by atoms with E-state index in [4.69, 9.17) is 4.74 Å². The second-order valence-electron chi connectivity index (χ2n) is 7.78. The lowest BCUT2D eigenvalue weighted by molar-refractivity contribution is -0.162. The summed E-state index contributed by atoms with van der Waals surface area (Å²) in [6.07, 6.45) is 12.7. The van der Waals surface area contributed by atoms with Gasteiger partial charge in [-0.15, -0.1) is 0 Å². The molecule has 0 aromatic rings. The number of ketones is 1. The lowest BCUT2D eigenvalue weighted by atomic mass is 9.67. The summed E-state index contributed by atoms with van der Waals surface area (Å²) in [6.45, 7) is 0.792. The van der Waals surface area contributed by atoms with Crippen molar-refractivity contribution in [1.29, 1.82) is 0 Å². The molecule has 1 aliphatic heterocycles. The van der Waals surface area contributed by atoms with Crippen LogP contribution in [0, 0.1) is 5.92 Å². The maximum atomic E-state index is 13.4. The zero-order valence-electron chi connectivity index (χ0n) is 13.8. The first-order valence-corrected chi connectivity index (χ1v) is 8.94. The quantitative estimate of drug-likeness (QED) is 0.745. The smallest absolute Gasteiger partial charge is 0.156 e. The second kappa shape index (κ2) is 6.00. The minimum absolute atomic E-state index is 0.0802. The number of ether oxygens (including phenoxy) is 1. The van der Waals surface area contributed by atoms with E-state index in [1.807, 2.05) is 0 Å². The van der Waals surface area contributed by atoms with Crippen molar-refractivity contribution in [3.8, 4) is 0 Å². The van der Waals surface area contributed by atoms with Crippen LogP contribution < -0.4 is 0 Å².